The van der Waals surface area contributed by atoms with Crippen LogP contribution >= 0.6 is 0 Å². The van der Waals surface area contributed by atoms with Gasteiger partial charge in [-0.25, -0.2) is 4.79 Å². The van der Waals surface area contributed by atoms with Gasteiger partial charge in [-0.3, -0.25) is 4.79 Å². The number of ether oxygens (including phenoxy) is 2. The second-order valence-corrected chi connectivity index (χ2v) is 4.10. The maximum atomic E-state index is 12.2. The standard InChI is InChI=1S/C14H13NO6/c1-20-13(18)9-10(14(19)21-2)12(17)15-8-6-4-3-5-7(8)11(9)16/h3-6,16,19H,1-2H3,(H,15,17)/b14-10-. The second-order valence-electron chi connectivity index (χ2n) is 4.10. The zero-order valence-corrected chi connectivity index (χ0v) is 11.3. The van der Waals surface area contributed by atoms with Gasteiger partial charge in [0.2, 0.25) is 0 Å². The Labute approximate surface area is 120 Å². The summed E-state index contributed by atoms with van der Waals surface area (Å²) < 4.78 is 9.18. The highest BCUT2D eigenvalue weighted by atomic mass is 16.6. The zero-order chi connectivity index (χ0) is 15.6. The molecule has 1 aliphatic rings. The van der Waals surface area contributed by atoms with Crippen LogP contribution in [0, 0.1) is 0 Å². The molecule has 0 unspecified atom stereocenters. The van der Waals surface area contributed by atoms with Crippen LogP contribution in [0.15, 0.2) is 41.4 Å². The van der Waals surface area contributed by atoms with Crippen LogP contribution in [0.25, 0.3) is 5.76 Å². The molecule has 0 aliphatic carbocycles. The number of methoxy groups -OCH3 is 2. The maximum Gasteiger partial charge on any atom is 0.342 e. The second kappa shape index (κ2) is 5.58. The number of aliphatic hydroxyl groups is 2. The number of aliphatic hydroxyl groups excluding tert-OH is 2. The van der Waals surface area contributed by atoms with E-state index in [0.717, 1.165) is 14.2 Å². The average Bonchev–Trinajstić information content (AvgIpc) is 2.60. The number of benzene rings is 1. The first-order chi connectivity index (χ1) is 10.0. The number of nitrogens with one attached hydrogen (secondary N) is 1. The molecule has 1 amide bonds. The largest absolute Gasteiger partial charge is 0.506 e. The van der Waals surface area contributed by atoms with Gasteiger partial charge in [-0.05, 0) is 12.1 Å². The van der Waals surface area contributed by atoms with Crippen molar-refractivity contribution in [1.29, 1.82) is 0 Å². The molecule has 2 rings (SSSR count). The van der Waals surface area contributed by atoms with Crippen LogP contribution in [-0.2, 0) is 19.1 Å². The Hall–Kier alpha value is -2.96. The lowest BCUT2D eigenvalue weighted by atomic mass is 10.0. The van der Waals surface area contributed by atoms with Gasteiger partial charge in [0.25, 0.3) is 11.9 Å². The quantitative estimate of drug-likeness (QED) is 0.433. The summed E-state index contributed by atoms with van der Waals surface area (Å²) in [4.78, 5) is 24.1. The Morgan fingerprint density at radius 3 is 2.48 bits per heavy atom. The summed E-state index contributed by atoms with van der Waals surface area (Å²) >= 11 is 0. The number of anilines is 1. The van der Waals surface area contributed by atoms with Crippen molar-refractivity contribution in [1.82, 2.24) is 0 Å². The number of rotatable bonds is 2. The molecule has 0 radical (unpaired) electrons. The number of esters is 1. The highest BCUT2D eigenvalue weighted by molar-refractivity contribution is 6.19. The molecule has 0 saturated heterocycles. The van der Waals surface area contributed by atoms with E-state index in [9.17, 15) is 19.8 Å². The van der Waals surface area contributed by atoms with Crippen molar-refractivity contribution in [3.8, 4) is 0 Å². The Balaban J connectivity index is 2.81. The Bertz CT molecular complexity index is 674. The lowest BCUT2D eigenvalue weighted by Crippen LogP contribution is -2.21. The van der Waals surface area contributed by atoms with Gasteiger partial charge in [-0.2, -0.15) is 0 Å². The van der Waals surface area contributed by atoms with Crippen molar-refractivity contribution >= 4 is 23.3 Å². The molecule has 3 N–H and O–H groups in total. The summed E-state index contributed by atoms with van der Waals surface area (Å²) in [5, 5.41) is 22.5. The molecule has 0 atom stereocenters. The molecular formula is C14H13NO6. The minimum absolute atomic E-state index is 0.227. The van der Waals surface area contributed by atoms with E-state index in [1.54, 1.807) is 18.2 Å². The summed E-state index contributed by atoms with van der Waals surface area (Å²) in [5.41, 5.74) is -0.456. The molecule has 1 aliphatic heterocycles. The van der Waals surface area contributed by atoms with Crippen molar-refractivity contribution in [3.63, 3.8) is 0 Å². The van der Waals surface area contributed by atoms with Gasteiger partial charge in [0.15, 0.2) is 0 Å². The molecule has 1 heterocycles. The van der Waals surface area contributed by atoms with Gasteiger partial charge in [-0.1, -0.05) is 12.1 Å². The predicted molar refractivity (Wildman–Crippen MR) is 73.3 cm³/mol. The topological polar surface area (TPSA) is 105 Å². The Morgan fingerprint density at radius 1 is 1.19 bits per heavy atom. The van der Waals surface area contributed by atoms with Crippen LogP contribution in [0.1, 0.15) is 5.56 Å². The first-order valence-corrected chi connectivity index (χ1v) is 5.91. The van der Waals surface area contributed by atoms with E-state index in [1.807, 2.05) is 0 Å². The molecule has 1 aromatic rings. The lowest BCUT2D eigenvalue weighted by Gasteiger charge is -2.10. The Kier molecular flexibility index (Phi) is 3.84. The van der Waals surface area contributed by atoms with E-state index in [4.69, 9.17) is 0 Å². The van der Waals surface area contributed by atoms with Crippen LogP contribution in [0.5, 0.6) is 0 Å². The number of hydrogen-bond acceptors (Lipinski definition) is 6. The number of para-hydroxylation sites is 1. The normalized spacial score (nSPS) is 16.6. The molecule has 0 spiro atoms. The minimum Gasteiger partial charge on any atom is -0.506 e. The molecule has 21 heavy (non-hydrogen) atoms. The van der Waals surface area contributed by atoms with Crippen LogP contribution in [0.2, 0.25) is 0 Å². The summed E-state index contributed by atoms with van der Waals surface area (Å²) in [6, 6.07) is 6.34. The van der Waals surface area contributed by atoms with E-state index < -0.39 is 34.7 Å². The maximum absolute atomic E-state index is 12.2. The fraction of sp³-hybridized carbons (Fsp3) is 0.143. The molecule has 0 saturated carbocycles. The molecule has 0 aromatic heterocycles. The zero-order valence-electron chi connectivity index (χ0n) is 11.3. The van der Waals surface area contributed by atoms with Crippen LogP contribution in [0.4, 0.5) is 5.69 Å². The smallest absolute Gasteiger partial charge is 0.342 e. The number of carbonyl (C=O) groups is 2. The Morgan fingerprint density at radius 2 is 1.86 bits per heavy atom. The third-order valence-electron chi connectivity index (χ3n) is 2.94. The van der Waals surface area contributed by atoms with Crippen molar-refractivity contribution in [2.75, 3.05) is 19.5 Å². The van der Waals surface area contributed by atoms with Crippen molar-refractivity contribution in [2.45, 2.75) is 0 Å². The van der Waals surface area contributed by atoms with Crippen molar-refractivity contribution in [2.24, 2.45) is 0 Å². The molecule has 1 aromatic carbocycles. The van der Waals surface area contributed by atoms with Gasteiger partial charge in [0.1, 0.15) is 16.9 Å². The molecular weight excluding hydrogens is 278 g/mol. The highest BCUT2D eigenvalue weighted by Gasteiger charge is 2.34. The number of carbonyl (C=O) groups excluding carboxylic acids is 2. The van der Waals surface area contributed by atoms with E-state index in [-0.39, 0.29) is 5.56 Å². The monoisotopic (exact) mass is 291 g/mol. The first kappa shape index (κ1) is 14.4. The van der Waals surface area contributed by atoms with Gasteiger partial charge in [-0.15, -0.1) is 0 Å². The van der Waals surface area contributed by atoms with Crippen LogP contribution < -0.4 is 5.32 Å². The first-order valence-electron chi connectivity index (χ1n) is 5.91. The highest BCUT2D eigenvalue weighted by Crippen LogP contribution is 2.33. The number of fused-ring (bicyclic) bond motifs is 1. The van der Waals surface area contributed by atoms with Crippen molar-refractivity contribution < 1.29 is 29.3 Å². The fourth-order valence-electron chi connectivity index (χ4n) is 1.96. The van der Waals surface area contributed by atoms with E-state index >= 15 is 0 Å². The third-order valence-corrected chi connectivity index (χ3v) is 2.94. The SMILES string of the molecule is COC(=O)C1=C(O)c2ccccc2NC(=O)/C1=C(/O)OC. The average molecular weight is 291 g/mol. The van der Waals surface area contributed by atoms with Crippen LogP contribution in [0.3, 0.4) is 0 Å². The van der Waals surface area contributed by atoms with Gasteiger partial charge >= 0.3 is 5.97 Å². The molecule has 7 nitrogen and oxygen atoms in total. The fourth-order valence-corrected chi connectivity index (χ4v) is 1.96. The van der Waals surface area contributed by atoms with E-state index in [2.05, 4.69) is 14.8 Å². The molecule has 7 heteroatoms. The van der Waals surface area contributed by atoms with E-state index in [0.29, 0.717) is 5.69 Å². The molecule has 0 bridgehead atoms. The predicted octanol–water partition coefficient (Wildman–Crippen LogP) is 1.50. The summed E-state index contributed by atoms with van der Waals surface area (Å²) in [5.74, 6) is -3.06. The minimum atomic E-state index is -0.974. The summed E-state index contributed by atoms with van der Waals surface area (Å²) in [7, 11) is 2.22. The van der Waals surface area contributed by atoms with Gasteiger partial charge < -0.3 is 25.0 Å². The molecule has 0 fully saturated rings. The number of hydrogen-bond donors (Lipinski definition) is 3. The van der Waals surface area contributed by atoms with Crippen molar-refractivity contribution in [3.05, 3.63) is 46.9 Å². The summed E-state index contributed by atoms with van der Waals surface area (Å²) in [6.45, 7) is 0. The van der Waals surface area contributed by atoms with Gasteiger partial charge in [0, 0.05) is 5.56 Å². The van der Waals surface area contributed by atoms with E-state index in [1.165, 1.54) is 6.07 Å². The lowest BCUT2D eigenvalue weighted by molar-refractivity contribution is -0.136. The third kappa shape index (κ3) is 2.40. The molecule has 110 valence electrons. The number of amides is 1. The van der Waals surface area contributed by atoms with Gasteiger partial charge in [0.05, 0.1) is 19.9 Å². The van der Waals surface area contributed by atoms with Crippen LogP contribution in [-0.4, -0.2) is 36.3 Å². The summed E-state index contributed by atoms with van der Waals surface area (Å²) in [6.07, 6.45) is 0.